The predicted molar refractivity (Wildman–Crippen MR) is 108 cm³/mol. The molecular formula is C16H25N5O10S. The van der Waals surface area contributed by atoms with Crippen LogP contribution >= 0.6 is 12.6 Å². The average Bonchev–Trinajstić information content (AvgIpc) is 2.66. The van der Waals surface area contributed by atoms with Gasteiger partial charge in [0.25, 0.3) is 0 Å². The Kier molecular flexibility index (Phi) is 12.3. The number of carbonyl (C=O) groups excluding carboxylic acids is 4. The summed E-state index contributed by atoms with van der Waals surface area (Å²) in [5.41, 5.74) is 10.3. The van der Waals surface area contributed by atoms with Crippen LogP contribution in [0.1, 0.15) is 25.7 Å². The fourth-order valence-electron chi connectivity index (χ4n) is 2.24. The molecule has 0 aliphatic carbocycles. The molecule has 16 heteroatoms. The minimum Gasteiger partial charge on any atom is -0.481 e. The van der Waals surface area contributed by atoms with E-state index < -0.39 is 91.4 Å². The van der Waals surface area contributed by atoms with Crippen LogP contribution in [0.4, 0.5) is 0 Å². The molecule has 0 aliphatic rings. The molecule has 0 spiro atoms. The quantitative estimate of drug-likeness (QED) is 0.102. The van der Waals surface area contributed by atoms with E-state index in [1.807, 2.05) is 5.32 Å². The summed E-state index contributed by atoms with van der Waals surface area (Å²) >= 11 is 3.89. The predicted octanol–water partition coefficient (Wildman–Crippen LogP) is -4.00. The zero-order valence-corrected chi connectivity index (χ0v) is 17.5. The van der Waals surface area contributed by atoms with Crippen molar-refractivity contribution in [3.63, 3.8) is 0 Å². The minimum atomic E-state index is -1.72. The highest BCUT2D eigenvalue weighted by Crippen LogP contribution is 2.03. The van der Waals surface area contributed by atoms with Crippen LogP contribution in [0.15, 0.2) is 0 Å². The van der Waals surface area contributed by atoms with Gasteiger partial charge in [-0.1, -0.05) is 0 Å². The maximum absolute atomic E-state index is 12.5. The number of hydrogen-bond acceptors (Lipinski definition) is 9. The fraction of sp³-hybridized carbons (Fsp3) is 0.562. The monoisotopic (exact) mass is 479 g/mol. The van der Waals surface area contributed by atoms with Gasteiger partial charge in [-0.3, -0.25) is 28.8 Å². The second-order valence-corrected chi connectivity index (χ2v) is 6.88. The SMILES string of the molecule is NC(=O)CC(NC(=O)C(CCC(=O)O)NC(=O)C(CS)NC(=O)C(N)CC(=O)O)C(=O)O. The van der Waals surface area contributed by atoms with Gasteiger partial charge in [-0.15, -0.1) is 0 Å². The summed E-state index contributed by atoms with van der Waals surface area (Å²) in [6, 6.07) is -6.13. The third kappa shape index (κ3) is 11.1. The molecule has 32 heavy (non-hydrogen) atoms. The zero-order valence-electron chi connectivity index (χ0n) is 16.6. The van der Waals surface area contributed by atoms with Crippen LogP contribution in [0, 0.1) is 0 Å². The Balaban J connectivity index is 5.37. The average molecular weight is 479 g/mol. The van der Waals surface area contributed by atoms with E-state index in [0.717, 1.165) is 0 Å². The Morgan fingerprint density at radius 2 is 1.25 bits per heavy atom. The number of nitrogens with one attached hydrogen (secondary N) is 3. The van der Waals surface area contributed by atoms with Crippen molar-refractivity contribution >= 4 is 54.2 Å². The second-order valence-electron chi connectivity index (χ2n) is 6.51. The molecule has 0 rings (SSSR count). The molecule has 0 aliphatic heterocycles. The van der Waals surface area contributed by atoms with Crippen LogP contribution in [-0.2, 0) is 33.6 Å². The first-order chi connectivity index (χ1) is 14.8. The Labute approximate surface area is 186 Å². The number of thiol groups is 1. The van der Waals surface area contributed by atoms with E-state index in [2.05, 4.69) is 23.3 Å². The van der Waals surface area contributed by atoms with Gasteiger partial charge >= 0.3 is 17.9 Å². The van der Waals surface area contributed by atoms with Gasteiger partial charge in [0.05, 0.1) is 18.9 Å². The molecule has 0 bridgehead atoms. The number of carboxylic acids is 3. The molecule has 0 aromatic carbocycles. The van der Waals surface area contributed by atoms with Crippen molar-refractivity contribution in [1.82, 2.24) is 16.0 Å². The van der Waals surface area contributed by atoms with E-state index in [-0.39, 0.29) is 5.75 Å². The molecule has 0 radical (unpaired) electrons. The third-order valence-corrected chi connectivity index (χ3v) is 4.21. The van der Waals surface area contributed by atoms with Crippen LogP contribution in [0.25, 0.3) is 0 Å². The van der Waals surface area contributed by atoms with Crippen molar-refractivity contribution < 1.29 is 48.9 Å². The molecular weight excluding hydrogens is 454 g/mol. The molecule has 0 aromatic heterocycles. The summed E-state index contributed by atoms with van der Waals surface area (Å²) in [5.74, 6) is -8.68. The lowest BCUT2D eigenvalue weighted by Crippen LogP contribution is -2.58. The van der Waals surface area contributed by atoms with Gasteiger partial charge < -0.3 is 42.7 Å². The van der Waals surface area contributed by atoms with Gasteiger partial charge in [0.2, 0.25) is 23.6 Å². The van der Waals surface area contributed by atoms with Crippen molar-refractivity contribution in [3.05, 3.63) is 0 Å². The van der Waals surface area contributed by atoms with Crippen LogP contribution in [0.3, 0.4) is 0 Å². The number of amides is 4. The van der Waals surface area contributed by atoms with Gasteiger partial charge in [-0.25, -0.2) is 4.79 Å². The van der Waals surface area contributed by atoms with Gasteiger partial charge in [-0.05, 0) is 6.42 Å². The van der Waals surface area contributed by atoms with Crippen molar-refractivity contribution in [2.45, 2.75) is 49.9 Å². The number of rotatable bonds is 15. The van der Waals surface area contributed by atoms with E-state index in [4.69, 9.17) is 26.8 Å². The maximum Gasteiger partial charge on any atom is 0.326 e. The number of primary amides is 1. The van der Waals surface area contributed by atoms with E-state index >= 15 is 0 Å². The normalized spacial score (nSPS) is 14.2. The first-order valence-electron chi connectivity index (χ1n) is 9.00. The van der Waals surface area contributed by atoms with Crippen molar-refractivity contribution in [3.8, 4) is 0 Å². The maximum atomic E-state index is 12.5. The van der Waals surface area contributed by atoms with Crippen LogP contribution in [0.5, 0.6) is 0 Å². The summed E-state index contributed by atoms with van der Waals surface area (Å²) < 4.78 is 0. The van der Waals surface area contributed by atoms with Gasteiger partial charge in [0.1, 0.15) is 18.1 Å². The summed E-state index contributed by atoms with van der Waals surface area (Å²) in [7, 11) is 0. The highest BCUT2D eigenvalue weighted by atomic mass is 32.1. The fourth-order valence-corrected chi connectivity index (χ4v) is 2.49. The molecule has 0 fully saturated rings. The van der Waals surface area contributed by atoms with Crippen LogP contribution in [-0.4, -0.2) is 86.8 Å². The Morgan fingerprint density at radius 3 is 1.69 bits per heavy atom. The Hall–Kier alpha value is -3.40. The number of aliphatic carboxylic acids is 3. The van der Waals surface area contributed by atoms with E-state index in [0.29, 0.717) is 0 Å². The Morgan fingerprint density at radius 1 is 0.750 bits per heavy atom. The number of nitrogens with two attached hydrogens (primary N) is 2. The summed E-state index contributed by atoms with van der Waals surface area (Å²) in [6.45, 7) is 0. The standard InChI is InChI=1S/C16H25N5O10S/c17-6(3-12(25)26)13(27)21-9(5-32)15(29)19-7(1-2-11(23)24)14(28)20-8(16(30)31)4-10(18)22/h6-9,32H,1-5,17H2,(H2,18,22)(H,19,29)(H,20,28)(H,21,27)(H,23,24)(H,25,26)(H,30,31). The lowest BCUT2D eigenvalue weighted by Gasteiger charge is -2.24. The number of hydrogen-bond donors (Lipinski definition) is 9. The third-order valence-electron chi connectivity index (χ3n) is 3.85. The molecule has 0 saturated heterocycles. The topological polar surface area (TPSA) is 268 Å². The molecule has 180 valence electrons. The minimum absolute atomic E-state index is 0.302. The summed E-state index contributed by atoms with van der Waals surface area (Å²) in [4.78, 5) is 80.5. The molecule has 4 atom stereocenters. The largest absolute Gasteiger partial charge is 0.481 e. The summed E-state index contributed by atoms with van der Waals surface area (Å²) in [6.07, 6.45) is -2.51. The first-order valence-corrected chi connectivity index (χ1v) is 9.63. The molecule has 15 nitrogen and oxygen atoms in total. The van der Waals surface area contributed by atoms with E-state index in [1.165, 1.54) is 0 Å². The van der Waals surface area contributed by atoms with Crippen molar-refractivity contribution in [2.75, 3.05) is 5.75 Å². The number of carboxylic acid groups (broad SMARTS) is 3. The first kappa shape index (κ1) is 28.6. The van der Waals surface area contributed by atoms with Crippen molar-refractivity contribution in [2.24, 2.45) is 11.5 Å². The smallest absolute Gasteiger partial charge is 0.326 e. The van der Waals surface area contributed by atoms with Gasteiger partial charge in [-0.2, -0.15) is 12.6 Å². The van der Waals surface area contributed by atoms with Crippen LogP contribution < -0.4 is 27.4 Å². The van der Waals surface area contributed by atoms with E-state index in [9.17, 15) is 33.6 Å². The van der Waals surface area contributed by atoms with Gasteiger partial charge in [0, 0.05) is 12.2 Å². The molecule has 10 N–H and O–H groups in total. The number of carbonyl (C=O) groups is 7. The lowest BCUT2D eigenvalue weighted by molar-refractivity contribution is -0.144. The van der Waals surface area contributed by atoms with Gasteiger partial charge in [0.15, 0.2) is 0 Å². The molecule has 4 unspecified atom stereocenters. The lowest BCUT2D eigenvalue weighted by atomic mass is 10.1. The Bertz CT molecular complexity index is 761. The van der Waals surface area contributed by atoms with E-state index in [1.54, 1.807) is 0 Å². The second kappa shape index (κ2) is 13.8. The molecule has 0 saturated carbocycles. The highest BCUT2D eigenvalue weighted by molar-refractivity contribution is 7.80. The molecule has 0 heterocycles. The summed E-state index contributed by atoms with van der Waals surface area (Å²) in [5, 5.41) is 32.9. The van der Waals surface area contributed by atoms with Crippen molar-refractivity contribution in [1.29, 1.82) is 0 Å². The highest BCUT2D eigenvalue weighted by Gasteiger charge is 2.31. The molecule has 0 aromatic rings. The zero-order chi connectivity index (χ0) is 25.0. The molecule has 4 amide bonds. The van der Waals surface area contributed by atoms with Crippen LogP contribution in [0.2, 0.25) is 0 Å².